The first kappa shape index (κ1) is 14.5. The molecule has 0 spiro atoms. The summed E-state index contributed by atoms with van der Waals surface area (Å²) >= 11 is 3.44. The van der Waals surface area contributed by atoms with Crippen LogP contribution in [-0.2, 0) is 6.54 Å². The van der Waals surface area contributed by atoms with Crippen molar-refractivity contribution >= 4 is 15.9 Å². The van der Waals surface area contributed by atoms with E-state index >= 15 is 0 Å². The largest absolute Gasteiger partial charge is 0.490 e. The monoisotopic (exact) mass is 301 g/mol. The molecule has 4 heteroatoms. The van der Waals surface area contributed by atoms with Crippen LogP contribution in [0.4, 0.5) is 0 Å². The Morgan fingerprint density at radius 2 is 2.18 bits per heavy atom. The Bertz CT molecular complexity index is 366. The van der Waals surface area contributed by atoms with E-state index in [0.29, 0.717) is 13.0 Å². The maximum Gasteiger partial charge on any atom is 0.124 e. The smallest absolute Gasteiger partial charge is 0.124 e. The van der Waals surface area contributed by atoms with Crippen LogP contribution in [0.15, 0.2) is 22.7 Å². The van der Waals surface area contributed by atoms with Crippen molar-refractivity contribution in [2.75, 3.05) is 13.7 Å². The second-order valence-corrected chi connectivity index (χ2v) is 5.34. The zero-order valence-electron chi connectivity index (χ0n) is 10.6. The summed E-state index contributed by atoms with van der Waals surface area (Å²) in [6.07, 6.45) is 0.672. The zero-order chi connectivity index (χ0) is 12.9. The van der Waals surface area contributed by atoms with Gasteiger partial charge in [0.15, 0.2) is 0 Å². The van der Waals surface area contributed by atoms with Crippen LogP contribution >= 0.6 is 15.9 Å². The molecule has 0 saturated heterocycles. The fourth-order valence-corrected chi connectivity index (χ4v) is 1.76. The van der Waals surface area contributed by atoms with E-state index in [1.807, 2.05) is 32.2 Å². The van der Waals surface area contributed by atoms with Crippen molar-refractivity contribution in [1.82, 2.24) is 5.32 Å². The molecule has 17 heavy (non-hydrogen) atoms. The molecule has 0 aromatic heterocycles. The average molecular weight is 302 g/mol. The molecule has 0 aliphatic rings. The molecule has 0 aliphatic heterocycles. The van der Waals surface area contributed by atoms with E-state index in [9.17, 15) is 5.11 Å². The molecule has 1 aromatic rings. The lowest BCUT2D eigenvalue weighted by molar-refractivity contribution is 0.00816. The van der Waals surface area contributed by atoms with Crippen molar-refractivity contribution in [2.24, 2.45) is 0 Å². The molecule has 0 saturated carbocycles. The molecule has 96 valence electrons. The quantitative estimate of drug-likeness (QED) is 0.849. The molecule has 3 nitrogen and oxygen atoms in total. The second-order valence-electron chi connectivity index (χ2n) is 4.42. The SMILES string of the molecule is CCC(C)(O)COc1ccc(Br)cc1CNC. The lowest BCUT2D eigenvalue weighted by Gasteiger charge is -2.22. The molecular formula is C13H20BrNO2. The Morgan fingerprint density at radius 3 is 2.76 bits per heavy atom. The molecule has 1 rings (SSSR count). The van der Waals surface area contributed by atoms with Gasteiger partial charge in [0.05, 0.1) is 5.60 Å². The summed E-state index contributed by atoms with van der Waals surface area (Å²) in [5.41, 5.74) is 0.304. The number of rotatable bonds is 6. The van der Waals surface area contributed by atoms with E-state index in [2.05, 4.69) is 21.2 Å². The third-order valence-corrected chi connectivity index (χ3v) is 3.18. The highest BCUT2D eigenvalue weighted by molar-refractivity contribution is 9.10. The van der Waals surface area contributed by atoms with Crippen LogP contribution in [0, 0.1) is 0 Å². The zero-order valence-corrected chi connectivity index (χ0v) is 12.2. The normalized spacial score (nSPS) is 14.4. The Morgan fingerprint density at radius 1 is 1.47 bits per heavy atom. The summed E-state index contributed by atoms with van der Waals surface area (Å²) in [5.74, 6) is 0.816. The number of halogens is 1. The van der Waals surface area contributed by atoms with Crippen LogP contribution in [0.1, 0.15) is 25.8 Å². The Hall–Kier alpha value is -0.580. The Balaban J connectivity index is 2.76. The van der Waals surface area contributed by atoms with Crippen LogP contribution in [0.2, 0.25) is 0 Å². The van der Waals surface area contributed by atoms with Gasteiger partial charge in [0, 0.05) is 16.6 Å². The van der Waals surface area contributed by atoms with Gasteiger partial charge in [-0.2, -0.15) is 0 Å². The maximum absolute atomic E-state index is 9.91. The predicted octanol–water partition coefficient (Wildman–Crippen LogP) is 2.71. The fourth-order valence-electron chi connectivity index (χ4n) is 1.35. The van der Waals surface area contributed by atoms with Gasteiger partial charge in [0.1, 0.15) is 12.4 Å². The molecule has 1 atom stereocenters. The summed E-state index contributed by atoms with van der Waals surface area (Å²) in [7, 11) is 1.90. The van der Waals surface area contributed by atoms with Gasteiger partial charge in [0.2, 0.25) is 0 Å². The van der Waals surface area contributed by atoms with E-state index in [-0.39, 0.29) is 0 Å². The van der Waals surface area contributed by atoms with Gasteiger partial charge in [-0.1, -0.05) is 22.9 Å². The van der Waals surface area contributed by atoms with Crippen LogP contribution in [0.3, 0.4) is 0 Å². The molecular weight excluding hydrogens is 282 g/mol. The second kappa shape index (κ2) is 6.38. The van der Waals surface area contributed by atoms with Gasteiger partial charge in [-0.25, -0.2) is 0 Å². The van der Waals surface area contributed by atoms with Crippen LogP contribution < -0.4 is 10.1 Å². The van der Waals surface area contributed by atoms with Crippen molar-refractivity contribution in [3.8, 4) is 5.75 Å². The first-order chi connectivity index (χ1) is 7.98. The van der Waals surface area contributed by atoms with Gasteiger partial charge >= 0.3 is 0 Å². The summed E-state index contributed by atoms with van der Waals surface area (Å²) in [6.45, 7) is 4.77. The van der Waals surface area contributed by atoms with Gasteiger partial charge in [-0.15, -0.1) is 0 Å². The van der Waals surface area contributed by atoms with Crippen molar-refractivity contribution in [3.63, 3.8) is 0 Å². The molecule has 0 bridgehead atoms. The lowest BCUT2D eigenvalue weighted by atomic mass is 10.1. The number of benzene rings is 1. The summed E-state index contributed by atoms with van der Waals surface area (Å²) in [5, 5.41) is 13.0. The minimum Gasteiger partial charge on any atom is -0.490 e. The van der Waals surface area contributed by atoms with Crippen molar-refractivity contribution in [1.29, 1.82) is 0 Å². The van der Waals surface area contributed by atoms with E-state index in [0.717, 1.165) is 22.3 Å². The Kier molecular flexibility index (Phi) is 5.43. The standard InChI is InChI=1S/C13H20BrNO2/c1-4-13(2,16)9-17-12-6-5-11(14)7-10(12)8-15-3/h5-7,15-16H,4,8-9H2,1-3H3. The number of ether oxygens (including phenoxy) is 1. The van der Waals surface area contributed by atoms with Crippen molar-refractivity contribution < 1.29 is 9.84 Å². The van der Waals surface area contributed by atoms with Gasteiger partial charge < -0.3 is 15.2 Å². The summed E-state index contributed by atoms with van der Waals surface area (Å²) in [6, 6.07) is 5.88. The summed E-state index contributed by atoms with van der Waals surface area (Å²) in [4.78, 5) is 0. The van der Waals surface area contributed by atoms with Gasteiger partial charge in [-0.3, -0.25) is 0 Å². The van der Waals surface area contributed by atoms with Crippen molar-refractivity contribution in [2.45, 2.75) is 32.4 Å². The van der Waals surface area contributed by atoms with E-state index < -0.39 is 5.60 Å². The number of hydrogen-bond acceptors (Lipinski definition) is 3. The average Bonchev–Trinajstić information content (AvgIpc) is 2.28. The molecule has 1 aromatic carbocycles. The lowest BCUT2D eigenvalue weighted by Crippen LogP contribution is -2.31. The molecule has 0 fully saturated rings. The van der Waals surface area contributed by atoms with E-state index in [4.69, 9.17) is 4.74 Å². The third-order valence-electron chi connectivity index (χ3n) is 2.69. The molecule has 0 heterocycles. The van der Waals surface area contributed by atoms with Crippen molar-refractivity contribution in [3.05, 3.63) is 28.2 Å². The maximum atomic E-state index is 9.91. The molecule has 1 unspecified atom stereocenters. The predicted molar refractivity (Wildman–Crippen MR) is 73.3 cm³/mol. The molecule has 2 N–H and O–H groups in total. The molecule has 0 aliphatic carbocycles. The number of hydrogen-bond donors (Lipinski definition) is 2. The first-order valence-electron chi connectivity index (χ1n) is 5.76. The van der Waals surface area contributed by atoms with Crippen LogP contribution in [-0.4, -0.2) is 24.4 Å². The third kappa shape index (κ3) is 4.66. The number of nitrogens with one attached hydrogen (secondary N) is 1. The van der Waals surface area contributed by atoms with Crippen LogP contribution in [0.25, 0.3) is 0 Å². The highest BCUT2D eigenvalue weighted by Crippen LogP contribution is 2.24. The van der Waals surface area contributed by atoms with Crippen LogP contribution in [0.5, 0.6) is 5.75 Å². The van der Waals surface area contributed by atoms with Gasteiger partial charge in [-0.05, 0) is 38.6 Å². The summed E-state index contributed by atoms with van der Waals surface area (Å²) < 4.78 is 6.71. The minimum atomic E-state index is -0.774. The number of aliphatic hydroxyl groups is 1. The fraction of sp³-hybridized carbons (Fsp3) is 0.538. The highest BCUT2D eigenvalue weighted by atomic mass is 79.9. The van der Waals surface area contributed by atoms with E-state index in [1.165, 1.54) is 0 Å². The Labute approximate surface area is 111 Å². The first-order valence-corrected chi connectivity index (χ1v) is 6.56. The molecule has 0 radical (unpaired) electrons. The van der Waals surface area contributed by atoms with E-state index in [1.54, 1.807) is 6.92 Å². The highest BCUT2D eigenvalue weighted by Gasteiger charge is 2.19. The molecule has 0 amide bonds. The minimum absolute atomic E-state index is 0.307. The van der Waals surface area contributed by atoms with Gasteiger partial charge in [0.25, 0.3) is 0 Å². The topological polar surface area (TPSA) is 41.5 Å².